The highest BCUT2D eigenvalue weighted by Crippen LogP contribution is 2.20. The van der Waals surface area contributed by atoms with Crippen LogP contribution < -0.4 is 5.32 Å². The molecule has 1 rings (SSSR count). The van der Waals surface area contributed by atoms with E-state index < -0.39 is 5.97 Å². The number of carbonyl (C=O) groups is 2. The number of rotatable bonds is 5. The van der Waals surface area contributed by atoms with Crippen LogP contribution in [0.2, 0.25) is 0 Å². The Hall–Kier alpha value is -1.26. The lowest BCUT2D eigenvalue weighted by Gasteiger charge is -2.35. The zero-order valence-electron chi connectivity index (χ0n) is 10.4. The third-order valence-corrected chi connectivity index (χ3v) is 3.11. The highest BCUT2D eigenvalue weighted by molar-refractivity contribution is 5.74. The Morgan fingerprint density at radius 3 is 2.82 bits per heavy atom. The number of hydrogen-bond donors (Lipinski definition) is 2. The van der Waals surface area contributed by atoms with Crippen molar-refractivity contribution in [3.8, 4) is 0 Å². The molecule has 1 unspecified atom stereocenters. The topological polar surface area (TPSA) is 69.6 Å². The van der Waals surface area contributed by atoms with E-state index >= 15 is 0 Å². The monoisotopic (exact) mass is 242 g/mol. The van der Waals surface area contributed by atoms with E-state index in [9.17, 15) is 9.59 Å². The number of likely N-dealkylation sites (tertiary alicyclic amines) is 1. The van der Waals surface area contributed by atoms with Crippen molar-refractivity contribution in [2.24, 2.45) is 0 Å². The summed E-state index contributed by atoms with van der Waals surface area (Å²) in [5.41, 5.74) is 0. The standard InChI is InChI=1S/C12H22N2O3/c1-2-8-13-12(17)14-9-4-3-5-10(14)6-7-11(15)16/h10H,2-9H2,1H3,(H,13,17)(H,15,16). The minimum atomic E-state index is -0.788. The molecule has 98 valence electrons. The summed E-state index contributed by atoms with van der Waals surface area (Å²) in [6.07, 6.45) is 4.65. The Morgan fingerprint density at radius 1 is 1.41 bits per heavy atom. The summed E-state index contributed by atoms with van der Waals surface area (Å²) in [5.74, 6) is -0.788. The van der Waals surface area contributed by atoms with Crippen molar-refractivity contribution in [2.45, 2.75) is 51.5 Å². The molecule has 5 nitrogen and oxygen atoms in total. The van der Waals surface area contributed by atoms with Crippen LogP contribution in [0.3, 0.4) is 0 Å². The number of aliphatic carboxylic acids is 1. The van der Waals surface area contributed by atoms with Crippen molar-refractivity contribution in [1.29, 1.82) is 0 Å². The fraction of sp³-hybridized carbons (Fsp3) is 0.833. The molecule has 0 aromatic rings. The van der Waals surface area contributed by atoms with Gasteiger partial charge in [-0.2, -0.15) is 0 Å². The van der Waals surface area contributed by atoms with Gasteiger partial charge < -0.3 is 15.3 Å². The summed E-state index contributed by atoms with van der Waals surface area (Å²) >= 11 is 0. The van der Waals surface area contributed by atoms with Crippen LogP contribution in [-0.2, 0) is 4.79 Å². The first-order chi connectivity index (χ1) is 8.15. The number of amides is 2. The second-order valence-corrected chi connectivity index (χ2v) is 4.51. The van der Waals surface area contributed by atoms with Crippen molar-refractivity contribution in [1.82, 2.24) is 10.2 Å². The number of piperidine rings is 1. The lowest BCUT2D eigenvalue weighted by molar-refractivity contribution is -0.137. The van der Waals surface area contributed by atoms with Crippen LogP contribution in [-0.4, -0.2) is 41.1 Å². The first-order valence-corrected chi connectivity index (χ1v) is 6.41. The number of carboxylic acid groups (broad SMARTS) is 1. The van der Waals surface area contributed by atoms with Crippen molar-refractivity contribution in [3.05, 3.63) is 0 Å². The van der Waals surface area contributed by atoms with Crippen LogP contribution in [0.15, 0.2) is 0 Å². The number of urea groups is 1. The van der Waals surface area contributed by atoms with Crippen molar-refractivity contribution < 1.29 is 14.7 Å². The Balaban J connectivity index is 2.46. The number of nitrogens with one attached hydrogen (secondary N) is 1. The summed E-state index contributed by atoms with van der Waals surface area (Å²) in [6, 6.07) is 0.0543. The van der Waals surface area contributed by atoms with Gasteiger partial charge in [0.2, 0.25) is 0 Å². The lowest BCUT2D eigenvalue weighted by Crippen LogP contribution is -2.48. The first-order valence-electron chi connectivity index (χ1n) is 6.41. The Morgan fingerprint density at radius 2 is 2.18 bits per heavy atom. The van der Waals surface area contributed by atoms with Crippen LogP contribution in [0, 0.1) is 0 Å². The van der Waals surface area contributed by atoms with Crippen LogP contribution in [0.25, 0.3) is 0 Å². The second kappa shape index (κ2) is 7.14. The molecule has 2 amide bonds. The molecule has 1 aliphatic heterocycles. The smallest absolute Gasteiger partial charge is 0.317 e. The van der Waals surface area contributed by atoms with Crippen LogP contribution in [0.5, 0.6) is 0 Å². The minimum Gasteiger partial charge on any atom is -0.481 e. The van der Waals surface area contributed by atoms with Crippen LogP contribution in [0.1, 0.15) is 45.4 Å². The van der Waals surface area contributed by atoms with Crippen LogP contribution in [0.4, 0.5) is 4.79 Å². The van der Waals surface area contributed by atoms with Crippen molar-refractivity contribution in [2.75, 3.05) is 13.1 Å². The molecule has 17 heavy (non-hydrogen) atoms. The van der Waals surface area contributed by atoms with Gasteiger partial charge in [0.1, 0.15) is 0 Å². The number of carbonyl (C=O) groups excluding carboxylic acids is 1. The molecule has 0 aromatic heterocycles. The Bertz CT molecular complexity index is 268. The Kier molecular flexibility index (Phi) is 5.80. The lowest BCUT2D eigenvalue weighted by atomic mass is 9.98. The summed E-state index contributed by atoms with van der Waals surface area (Å²) in [4.78, 5) is 24.3. The van der Waals surface area contributed by atoms with Gasteiger partial charge in [-0.05, 0) is 32.1 Å². The van der Waals surface area contributed by atoms with Gasteiger partial charge in [-0.1, -0.05) is 6.92 Å². The third-order valence-electron chi connectivity index (χ3n) is 3.11. The molecule has 2 N–H and O–H groups in total. The largest absolute Gasteiger partial charge is 0.481 e. The van der Waals surface area contributed by atoms with E-state index in [0.717, 1.165) is 32.2 Å². The molecule has 1 fully saturated rings. The minimum absolute atomic E-state index is 0.0399. The summed E-state index contributed by atoms with van der Waals surface area (Å²) < 4.78 is 0. The van der Waals surface area contributed by atoms with Gasteiger partial charge in [0.15, 0.2) is 0 Å². The van der Waals surface area contributed by atoms with E-state index in [1.807, 2.05) is 11.8 Å². The molecule has 0 aromatic carbocycles. The molecule has 0 aliphatic carbocycles. The normalized spacial score (nSPS) is 20.1. The highest BCUT2D eigenvalue weighted by Gasteiger charge is 2.26. The molecule has 1 aliphatic rings. The maximum absolute atomic E-state index is 11.9. The van der Waals surface area contributed by atoms with Crippen molar-refractivity contribution in [3.63, 3.8) is 0 Å². The molecular formula is C12H22N2O3. The molecule has 1 saturated heterocycles. The maximum atomic E-state index is 11.9. The molecular weight excluding hydrogens is 220 g/mol. The van der Waals surface area contributed by atoms with Gasteiger partial charge in [-0.3, -0.25) is 4.79 Å². The second-order valence-electron chi connectivity index (χ2n) is 4.51. The molecule has 1 heterocycles. The SMILES string of the molecule is CCCNC(=O)N1CCCCC1CCC(=O)O. The number of hydrogen-bond acceptors (Lipinski definition) is 2. The van der Waals surface area contributed by atoms with E-state index in [2.05, 4.69) is 5.32 Å². The fourth-order valence-electron chi connectivity index (χ4n) is 2.19. The van der Waals surface area contributed by atoms with Crippen LogP contribution >= 0.6 is 0 Å². The highest BCUT2D eigenvalue weighted by atomic mass is 16.4. The molecule has 0 radical (unpaired) electrons. The number of carboxylic acids is 1. The van der Waals surface area contributed by atoms with E-state index in [4.69, 9.17) is 5.11 Å². The zero-order valence-corrected chi connectivity index (χ0v) is 10.4. The fourth-order valence-corrected chi connectivity index (χ4v) is 2.19. The van der Waals surface area contributed by atoms with E-state index in [1.54, 1.807) is 0 Å². The van der Waals surface area contributed by atoms with Gasteiger partial charge in [-0.25, -0.2) is 4.79 Å². The molecule has 0 saturated carbocycles. The average molecular weight is 242 g/mol. The predicted molar refractivity (Wildman–Crippen MR) is 64.9 cm³/mol. The molecule has 0 spiro atoms. The molecule has 0 bridgehead atoms. The van der Waals surface area contributed by atoms with Gasteiger partial charge in [-0.15, -0.1) is 0 Å². The quantitative estimate of drug-likeness (QED) is 0.772. The van der Waals surface area contributed by atoms with Crippen molar-refractivity contribution >= 4 is 12.0 Å². The summed E-state index contributed by atoms with van der Waals surface area (Å²) in [5, 5.41) is 11.6. The zero-order chi connectivity index (χ0) is 12.7. The van der Waals surface area contributed by atoms with Gasteiger partial charge in [0.25, 0.3) is 0 Å². The van der Waals surface area contributed by atoms with Gasteiger partial charge in [0, 0.05) is 25.6 Å². The van der Waals surface area contributed by atoms with Gasteiger partial charge >= 0.3 is 12.0 Å². The molecule has 1 atom stereocenters. The Labute approximate surface area is 102 Å². The predicted octanol–water partition coefficient (Wildman–Crippen LogP) is 1.83. The first kappa shape index (κ1) is 13.8. The summed E-state index contributed by atoms with van der Waals surface area (Å²) in [6.45, 7) is 3.44. The summed E-state index contributed by atoms with van der Waals surface area (Å²) in [7, 11) is 0. The molecule has 5 heteroatoms. The maximum Gasteiger partial charge on any atom is 0.317 e. The van der Waals surface area contributed by atoms with E-state index in [1.165, 1.54) is 0 Å². The van der Waals surface area contributed by atoms with Gasteiger partial charge in [0.05, 0.1) is 0 Å². The van der Waals surface area contributed by atoms with E-state index in [0.29, 0.717) is 13.0 Å². The third kappa shape index (κ3) is 4.63. The van der Waals surface area contributed by atoms with E-state index in [-0.39, 0.29) is 18.5 Å². The number of nitrogens with zero attached hydrogens (tertiary/aromatic N) is 1. The average Bonchev–Trinajstić information content (AvgIpc) is 2.33.